The average molecular weight is 279 g/mol. The molecule has 1 N–H and O–H groups in total. The van der Waals surface area contributed by atoms with Gasteiger partial charge < -0.3 is 19.5 Å². The van der Waals surface area contributed by atoms with E-state index in [1.165, 1.54) is 0 Å². The van der Waals surface area contributed by atoms with Crippen LogP contribution in [0.15, 0.2) is 18.2 Å². The van der Waals surface area contributed by atoms with Crippen molar-refractivity contribution in [3.63, 3.8) is 0 Å². The number of carbonyl (C=O) groups is 1. The van der Waals surface area contributed by atoms with Crippen LogP contribution in [-0.4, -0.2) is 24.9 Å². The highest BCUT2D eigenvalue weighted by Crippen LogP contribution is 2.32. The first-order valence-corrected chi connectivity index (χ1v) is 6.74. The van der Waals surface area contributed by atoms with Crippen LogP contribution in [0, 0.1) is 0 Å². The summed E-state index contributed by atoms with van der Waals surface area (Å²) in [5.74, 6) is 1.45. The van der Waals surface area contributed by atoms with Crippen LogP contribution in [0.3, 0.4) is 0 Å². The molecule has 1 aromatic carbocycles. The first-order chi connectivity index (χ1) is 9.35. The van der Waals surface area contributed by atoms with E-state index in [9.17, 15) is 4.79 Å². The summed E-state index contributed by atoms with van der Waals surface area (Å²) in [6.45, 7) is 8.52. The Morgan fingerprint density at radius 1 is 1.25 bits per heavy atom. The summed E-state index contributed by atoms with van der Waals surface area (Å²) in [6.07, 6.45) is -0.431. The number of rotatable bonds is 2. The topological polar surface area (TPSA) is 56.8 Å². The van der Waals surface area contributed by atoms with Gasteiger partial charge in [0.05, 0.1) is 6.04 Å². The lowest BCUT2D eigenvalue weighted by Gasteiger charge is -2.23. The zero-order chi connectivity index (χ0) is 14.8. The van der Waals surface area contributed by atoms with Gasteiger partial charge in [-0.15, -0.1) is 0 Å². The van der Waals surface area contributed by atoms with Gasteiger partial charge in [0.25, 0.3) is 0 Å². The number of hydrogen-bond acceptors (Lipinski definition) is 4. The number of alkyl carbamates (subject to hydrolysis) is 1. The Morgan fingerprint density at radius 3 is 2.55 bits per heavy atom. The van der Waals surface area contributed by atoms with Crippen LogP contribution in [0.5, 0.6) is 11.5 Å². The lowest BCUT2D eigenvalue weighted by Crippen LogP contribution is -2.34. The molecule has 1 aliphatic rings. The molecule has 110 valence electrons. The van der Waals surface area contributed by atoms with Crippen molar-refractivity contribution in [1.29, 1.82) is 0 Å². The summed E-state index contributed by atoms with van der Waals surface area (Å²) in [7, 11) is 0. The highest BCUT2D eigenvalue weighted by atomic mass is 16.6. The molecule has 1 heterocycles. The minimum absolute atomic E-state index is 0.166. The molecule has 0 radical (unpaired) electrons. The molecule has 0 bridgehead atoms. The fraction of sp³-hybridized carbons (Fsp3) is 0.533. The molecule has 1 atom stereocenters. The molecule has 2 rings (SSSR count). The van der Waals surface area contributed by atoms with Gasteiger partial charge in [-0.1, -0.05) is 6.07 Å². The number of fused-ring (bicyclic) bond motifs is 1. The van der Waals surface area contributed by atoms with E-state index in [4.69, 9.17) is 14.2 Å². The zero-order valence-corrected chi connectivity index (χ0v) is 12.4. The molecule has 0 saturated carbocycles. The number of hydrogen-bond donors (Lipinski definition) is 1. The molecule has 0 fully saturated rings. The van der Waals surface area contributed by atoms with Crippen molar-refractivity contribution < 1.29 is 19.0 Å². The van der Waals surface area contributed by atoms with Crippen LogP contribution in [0.1, 0.15) is 39.3 Å². The lowest BCUT2D eigenvalue weighted by atomic mass is 10.1. The van der Waals surface area contributed by atoms with Gasteiger partial charge >= 0.3 is 6.09 Å². The van der Waals surface area contributed by atoms with E-state index >= 15 is 0 Å². The minimum atomic E-state index is -0.503. The standard InChI is InChI=1S/C15H21NO4/c1-10(16-14(17)20-15(2,3)4)11-5-6-12-13(9-11)19-8-7-18-12/h5-6,9-10H,7-8H2,1-4H3,(H,16,17). The van der Waals surface area contributed by atoms with Gasteiger partial charge in [-0.05, 0) is 45.4 Å². The lowest BCUT2D eigenvalue weighted by molar-refractivity contribution is 0.0508. The maximum atomic E-state index is 11.7. The molecular weight excluding hydrogens is 258 g/mol. The molecule has 0 aliphatic carbocycles. The highest BCUT2D eigenvalue weighted by molar-refractivity contribution is 5.68. The molecule has 20 heavy (non-hydrogen) atoms. The molecule has 1 unspecified atom stereocenters. The van der Waals surface area contributed by atoms with Crippen LogP contribution in [0.2, 0.25) is 0 Å². The highest BCUT2D eigenvalue weighted by Gasteiger charge is 2.19. The summed E-state index contributed by atoms with van der Waals surface area (Å²) >= 11 is 0. The van der Waals surface area contributed by atoms with Crippen LogP contribution in [-0.2, 0) is 4.74 Å². The summed E-state index contributed by atoms with van der Waals surface area (Å²) in [5.41, 5.74) is 0.441. The van der Waals surface area contributed by atoms with Crippen LogP contribution < -0.4 is 14.8 Å². The smallest absolute Gasteiger partial charge is 0.408 e. The van der Waals surface area contributed by atoms with E-state index < -0.39 is 11.7 Å². The Morgan fingerprint density at radius 2 is 1.90 bits per heavy atom. The van der Waals surface area contributed by atoms with Crippen molar-refractivity contribution >= 4 is 6.09 Å². The van der Waals surface area contributed by atoms with E-state index in [0.717, 1.165) is 11.3 Å². The van der Waals surface area contributed by atoms with Crippen LogP contribution >= 0.6 is 0 Å². The van der Waals surface area contributed by atoms with Crippen molar-refractivity contribution in [2.24, 2.45) is 0 Å². The van der Waals surface area contributed by atoms with Crippen molar-refractivity contribution in [2.75, 3.05) is 13.2 Å². The third-order valence-corrected chi connectivity index (χ3v) is 2.80. The molecule has 1 amide bonds. The third-order valence-electron chi connectivity index (χ3n) is 2.80. The predicted octanol–water partition coefficient (Wildman–Crippen LogP) is 3.04. The van der Waals surface area contributed by atoms with E-state index in [1.54, 1.807) is 0 Å². The fourth-order valence-electron chi connectivity index (χ4n) is 1.90. The second-order valence-corrected chi connectivity index (χ2v) is 5.77. The van der Waals surface area contributed by atoms with E-state index in [1.807, 2.05) is 45.9 Å². The summed E-state index contributed by atoms with van der Waals surface area (Å²) < 4.78 is 16.2. The maximum absolute atomic E-state index is 11.7. The van der Waals surface area contributed by atoms with Gasteiger partial charge in [0, 0.05) is 0 Å². The number of benzene rings is 1. The van der Waals surface area contributed by atoms with Crippen LogP contribution in [0.25, 0.3) is 0 Å². The van der Waals surface area contributed by atoms with Crippen molar-refractivity contribution in [3.05, 3.63) is 23.8 Å². The van der Waals surface area contributed by atoms with Crippen molar-refractivity contribution in [3.8, 4) is 11.5 Å². The first kappa shape index (κ1) is 14.5. The van der Waals surface area contributed by atoms with Crippen molar-refractivity contribution in [1.82, 2.24) is 5.32 Å². The van der Waals surface area contributed by atoms with E-state index in [0.29, 0.717) is 19.0 Å². The second-order valence-electron chi connectivity index (χ2n) is 5.77. The minimum Gasteiger partial charge on any atom is -0.486 e. The molecule has 1 aliphatic heterocycles. The Kier molecular flexibility index (Phi) is 4.06. The Hall–Kier alpha value is -1.91. The van der Waals surface area contributed by atoms with E-state index in [2.05, 4.69) is 5.32 Å². The molecule has 0 saturated heterocycles. The van der Waals surface area contributed by atoms with E-state index in [-0.39, 0.29) is 6.04 Å². The molecule has 0 spiro atoms. The first-order valence-electron chi connectivity index (χ1n) is 6.74. The van der Waals surface area contributed by atoms with Gasteiger partial charge in [0.1, 0.15) is 18.8 Å². The molecule has 5 nitrogen and oxygen atoms in total. The maximum Gasteiger partial charge on any atom is 0.408 e. The van der Waals surface area contributed by atoms with Gasteiger partial charge in [-0.2, -0.15) is 0 Å². The fourth-order valence-corrected chi connectivity index (χ4v) is 1.90. The summed E-state index contributed by atoms with van der Waals surface area (Å²) in [5, 5.41) is 2.80. The van der Waals surface area contributed by atoms with Gasteiger partial charge in [0.2, 0.25) is 0 Å². The molecule has 5 heteroatoms. The number of ether oxygens (including phenoxy) is 3. The second kappa shape index (κ2) is 5.61. The molecule has 0 aromatic heterocycles. The largest absolute Gasteiger partial charge is 0.486 e. The van der Waals surface area contributed by atoms with Gasteiger partial charge in [-0.25, -0.2) is 4.79 Å². The zero-order valence-electron chi connectivity index (χ0n) is 12.4. The Bertz CT molecular complexity index is 493. The summed E-state index contributed by atoms with van der Waals surface area (Å²) in [4.78, 5) is 11.7. The SMILES string of the molecule is CC(NC(=O)OC(C)(C)C)c1ccc2c(c1)OCCO2. The Balaban J connectivity index is 2.02. The van der Waals surface area contributed by atoms with Gasteiger partial charge in [-0.3, -0.25) is 0 Å². The number of nitrogens with one attached hydrogen (secondary N) is 1. The predicted molar refractivity (Wildman–Crippen MR) is 75.2 cm³/mol. The number of amides is 1. The van der Waals surface area contributed by atoms with Crippen molar-refractivity contribution in [2.45, 2.75) is 39.3 Å². The van der Waals surface area contributed by atoms with Crippen LogP contribution in [0.4, 0.5) is 4.79 Å². The Labute approximate surface area is 119 Å². The summed E-state index contributed by atoms with van der Waals surface area (Å²) in [6, 6.07) is 5.49. The molecular formula is C15H21NO4. The quantitative estimate of drug-likeness (QED) is 0.904. The monoisotopic (exact) mass is 279 g/mol. The van der Waals surface area contributed by atoms with Gasteiger partial charge in [0.15, 0.2) is 11.5 Å². The molecule has 1 aromatic rings. The normalized spacial score (nSPS) is 15.4. The number of carbonyl (C=O) groups excluding carboxylic acids is 1. The average Bonchev–Trinajstić information content (AvgIpc) is 2.35. The third kappa shape index (κ3) is 3.79.